The molecule has 1 aliphatic carbocycles. The monoisotopic (exact) mass is 488 g/mol. The van der Waals surface area contributed by atoms with E-state index in [4.69, 9.17) is 0 Å². The molecule has 7 nitrogen and oxygen atoms in total. The summed E-state index contributed by atoms with van der Waals surface area (Å²) in [5, 5.41) is 13.8. The fourth-order valence-corrected chi connectivity index (χ4v) is 5.48. The van der Waals surface area contributed by atoms with Crippen LogP contribution >= 0.6 is 0 Å². The number of pyridine rings is 1. The van der Waals surface area contributed by atoms with E-state index in [0.29, 0.717) is 19.1 Å². The maximum absolute atomic E-state index is 13.4. The molecule has 1 atom stereocenters. The number of halogens is 1. The van der Waals surface area contributed by atoms with Crippen LogP contribution in [0.25, 0.3) is 10.9 Å². The summed E-state index contributed by atoms with van der Waals surface area (Å²) < 4.78 is 15.2. The van der Waals surface area contributed by atoms with Crippen molar-refractivity contribution >= 4 is 10.9 Å². The first-order valence-corrected chi connectivity index (χ1v) is 12.9. The van der Waals surface area contributed by atoms with Crippen molar-refractivity contribution in [2.45, 2.75) is 77.5 Å². The quantitative estimate of drug-likeness (QED) is 0.364. The van der Waals surface area contributed by atoms with Gasteiger partial charge >= 0.3 is 0 Å². The third kappa shape index (κ3) is 5.23. The first-order valence-electron chi connectivity index (χ1n) is 12.9. The molecular formula is C28H33FN6O. The highest BCUT2D eigenvalue weighted by Gasteiger charge is 2.32. The van der Waals surface area contributed by atoms with Gasteiger partial charge in [-0.15, -0.1) is 5.10 Å². The van der Waals surface area contributed by atoms with Gasteiger partial charge in [-0.05, 0) is 77.9 Å². The number of aromatic amines is 1. The molecule has 0 spiro atoms. The predicted molar refractivity (Wildman–Crippen MR) is 138 cm³/mol. The van der Waals surface area contributed by atoms with E-state index < -0.39 is 0 Å². The Hall–Kier alpha value is -3.39. The number of aromatic nitrogens is 5. The number of H-pyrrole nitrogens is 1. The summed E-state index contributed by atoms with van der Waals surface area (Å²) in [6.07, 6.45) is 6.63. The predicted octanol–water partition coefficient (Wildman–Crippen LogP) is 5.30. The normalized spacial score (nSPS) is 15.6. The van der Waals surface area contributed by atoms with E-state index in [-0.39, 0.29) is 17.4 Å². The Morgan fingerprint density at radius 1 is 1.11 bits per heavy atom. The smallest absolute Gasteiger partial charge is 0.252 e. The highest BCUT2D eigenvalue weighted by Crippen LogP contribution is 2.33. The minimum atomic E-state index is -0.263. The Morgan fingerprint density at radius 2 is 1.89 bits per heavy atom. The second-order valence-corrected chi connectivity index (χ2v) is 9.92. The van der Waals surface area contributed by atoms with Gasteiger partial charge < -0.3 is 4.98 Å². The van der Waals surface area contributed by atoms with E-state index in [2.05, 4.69) is 45.3 Å². The number of hydrogen-bond donors (Lipinski definition) is 1. The summed E-state index contributed by atoms with van der Waals surface area (Å²) in [7, 11) is 0. The van der Waals surface area contributed by atoms with Crippen molar-refractivity contribution in [2.75, 3.05) is 0 Å². The van der Waals surface area contributed by atoms with E-state index in [0.717, 1.165) is 52.7 Å². The van der Waals surface area contributed by atoms with Gasteiger partial charge in [0.1, 0.15) is 5.82 Å². The molecule has 1 saturated carbocycles. The number of rotatable bonds is 8. The lowest BCUT2D eigenvalue weighted by molar-refractivity contribution is 0.0844. The van der Waals surface area contributed by atoms with E-state index in [1.54, 1.807) is 12.1 Å². The van der Waals surface area contributed by atoms with Gasteiger partial charge in [0.05, 0.1) is 12.6 Å². The zero-order valence-corrected chi connectivity index (χ0v) is 21.0. The number of nitrogens with zero attached hydrogens (tertiary/aromatic N) is 5. The van der Waals surface area contributed by atoms with Gasteiger partial charge in [-0.25, -0.2) is 9.07 Å². The largest absolute Gasteiger partial charge is 0.322 e. The molecular weight excluding hydrogens is 455 g/mol. The van der Waals surface area contributed by atoms with Gasteiger partial charge in [-0.2, -0.15) is 0 Å². The van der Waals surface area contributed by atoms with Crippen molar-refractivity contribution < 1.29 is 4.39 Å². The maximum atomic E-state index is 13.4. The summed E-state index contributed by atoms with van der Waals surface area (Å²) >= 11 is 0. The number of fused-ring (bicyclic) bond motifs is 1. The third-order valence-corrected chi connectivity index (χ3v) is 7.36. The fraction of sp³-hybridized carbons (Fsp3) is 0.429. The Morgan fingerprint density at radius 3 is 2.64 bits per heavy atom. The molecule has 8 heteroatoms. The van der Waals surface area contributed by atoms with Gasteiger partial charge in [0.15, 0.2) is 5.82 Å². The fourth-order valence-electron chi connectivity index (χ4n) is 5.48. The number of aryl methyl sites for hydroxylation is 1. The Kier molecular flexibility index (Phi) is 7.23. The van der Waals surface area contributed by atoms with Crippen LogP contribution in [0.1, 0.15) is 74.0 Å². The van der Waals surface area contributed by atoms with Crippen LogP contribution < -0.4 is 5.56 Å². The minimum Gasteiger partial charge on any atom is -0.322 e. The number of benzene rings is 2. The first kappa shape index (κ1) is 24.3. The zero-order valence-electron chi connectivity index (χ0n) is 21.0. The highest BCUT2D eigenvalue weighted by atomic mass is 19.1. The standard InChI is InChI=1S/C28H33FN6O/c1-3-26(27-31-32-33-35(27)17-20-10-12-23(29)13-11-20)34(24-7-5-4-6-8-24)18-22-16-21-15-19(2)9-14-25(21)30-28(22)36/h9-16,24,26H,3-8,17-18H2,1-2H3,(H,30,36)/t26-/m0/s1. The van der Waals surface area contributed by atoms with Crippen molar-refractivity contribution in [1.82, 2.24) is 30.1 Å². The summed E-state index contributed by atoms with van der Waals surface area (Å²) in [6, 6.07) is 14.9. The Labute approximate surface area is 210 Å². The Balaban J connectivity index is 1.50. The molecule has 36 heavy (non-hydrogen) atoms. The van der Waals surface area contributed by atoms with E-state index in [9.17, 15) is 9.18 Å². The van der Waals surface area contributed by atoms with Crippen LogP contribution in [0.15, 0.2) is 53.3 Å². The lowest BCUT2D eigenvalue weighted by Crippen LogP contribution is -2.41. The zero-order chi connectivity index (χ0) is 25.1. The number of tetrazole rings is 1. The highest BCUT2D eigenvalue weighted by molar-refractivity contribution is 5.79. The molecule has 2 heterocycles. The van der Waals surface area contributed by atoms with Gasteiger partial charge in [-0.3, -0.25) is 9.69 Å². The summed E-state index contributed by atoms with van der Waals surface area (Å²) in [5.41, 5.74) is 3.66. The first-order chi connectivity index (χ1) is 17.5. The van der Waals surface area contributed by atoms with Gasteiger partial charge in [0, 0.05) is 23.7 Å². The molecule has 1 N–H and O–H groups in total. The average molecular weight is 489 g/mol. The van der Waals surface area contributed by atoms with E-state index in [1.807, 2.05) is 22.9 Å². The third-order valence-electron chi connectivity index (χ3n) is 7.36. The maximum Gasteiger partial charge on any atom is 0.252 e. The molecule has 5 rings (SSSR count). The molecule has 0 aliphatic heterocycles. The molecule has 0 saturated heterocycles. The van der Waals surface area contributed by atoms with Crippen LogP contribution in [-0.4, -0.2) is 36.1 Å². The van der Waals surface area contributed by atoms with Crippen LogP contribution in [0.4, 0.5) is 4.39 Å². The molecule has 1 aliphatic rings. The molecule has 0 unspecified atom stereocenters. The molecule has 2 aromatic heterocycles. The minimum absolute atomic E-state index is 0.0452. The second-order valence-electron chi connectivity index (χ2n) is 9.92. The molecule has 188 valence electrons. The van der Waals surface area contributed by atoms with Crippen molar-refractivity contribution in [3.8, 4) is 0 Å². The SMILES string of the molecule is CC[C@@H](c1nnnn1Cc1ccc(F)cc1)N(Cc1cc2cc(C)ccc2[nH]c1=O)C1CCCCC1. The van der Waals surface area contributed by atoms with Crippen LogP contribution in [0.5, 0.6) is 0 Å². The van der Waals surface area contributed by atoms with Gasteiger partial charge in [0.25, 0.3) is 5.56 Å². The summed E-state index contributed by atoms with van der Waals surface area (Å²) in [5.74, 6) is 0.516. The topological polar surface area (TPSA) is 79.7 Å². The van der Waals surface area contributed by atoms with Crippen LogP contribution in [0, 0.1) is 12.7 Å². The van der Waals surface area contributed by atoms with Gasteiger partial charge in [0.2, 0.25) is 0 Å². The average Bonchev–Trinajstić information content (AvgIpc) is 3.34. The van der Waals surface area contributed by atoms with E-state index >= 15 is 0 Å². The van der Waals surface area contributed by atoms with Crippen molar-refractivity contribution in [3.63, 3.8) is 0 Å². The molecule has 0 amide bonds. The molecule has 2 aromatic carbocycles. The second kappa shape index (κ2) is 10.7. The lowest BCUT2D eigenvalue weighted by atomic mass is 9.92. The molecule has 0 radical (unpaired) electrons. The number of hydrogen-bond acceptors (Lipinski definition) is 5. The van der Waals surface area contributed by atoms with Crippen LogP contribution in [-0.2, 0) is 13.1 Å². The summed E-state index contributed by atoms with van der Waals surface area (Å²) in [4.78, 5) is 18.6. The van der Waals surface area contributed by atoms with Crippen molar-refractivity contribution in [2.24, 2.45) is 0 Å². The van der Waals surface area contributed by atoms with E-state index in [1.165, 1.54) is 31.4 Å². The number of nitrogens with one attached hydrogen (secondary N) is 1. The lowest BCUT2D eigenvalue weighted by Gasteiger charge is -2.39. The van der Waals surface area contributed by atoms with Gasteiger partial charge in [-0.1, -0.05) is 49.9 Å². The Bertz CT molecular complexity index is 1370. The van der Waals surface area contributed by atoms with Crippen LogP contribution in [0.3, 0.4) is 0 Å². The summed E-state index contributed by atoms with van der Waals surface area (Å²) in [6.45, 7) is 5.21. The van der Waals surface area contributed by atoms with Crippen molar-refractivity contribution in [1.29, 1.82) is 0 Å². The molecule has 0 bridgehead atoms. The van der Waals surface area contributed by atoms with Crippen LogP contribution in [0.2, 0.25) is 0 Å². The van der Waals surface area contributed by atoms with Crippen molar-refractivity contribution in [3.05, 3.63) is 87.2 Å². The molecule has 1 fully saturated rings. The molecule has 4 aromatic rings.